The summed E-state index contributed by atoms with van der Waals surface area (Å²) in [6.45, 7) is 0. The van der Waals surface area contributed by atoms with Crippen LogP contribution in [0, 0.1) is 0 Å². The van der Waals surface area contributed by atoms with E-state index in [-0.39, 0.29) is 5.52 Å². The maximum Gasteiger partial charge on any atom is 0.252 e. The van der Waals surface area contributed by atoms with Crippen molar-refractivity contribution in [1.29, 1.82) is 0 Å². The maximum absolute atomic E-state index is 11.7. The van der Waals surface area contributed by atoms with Gasteiger partial charge in [0.1, 0.15) is 22.5 Å². The number of fused-ring (bicyclic) bond motifs is 1. The Morgan fingerprint density at radius 1 is 1.14 bits per heavy atom. The molecular weight excluding hydrogens is 349 g/mol. The molecule has 0 N–H and O–H groups in total. The van der Waals surface area contributed by atoms with Crippen molar-refractivity contribution in [1.82, 2.24) is 14.4 Å². The fraction of sp³-hybridized carbons (Fsp3) is 0.0769. The lowest BCUT2D eigenvalue weighted by Gasteiger charge is -2.08. The van der Waals surface area contributed by atoms with E-state index in [9.17, 15) is 8.42 Å². The molecule has 0 saturated heterocycles. The van der Waals surface area contributed by atoms with Gasteiger partial charge in [-0.15, -0.1) is 9.19 Å². The van der Waals surface area contributed by atoms with E-state index >= 15 is 0 Å². The second-order valence-electron chi connectivity index (χ2n) is 4.52. The highest BCUT2D eigenvalue weighted by Gasteiger charge is 2.16. The van der Waals surface area contributed by atoms with Gasteiger partial charge in [-0.1, -0.05) is 28.4 Å². The fourth-order valence-electron chi connectivity index (χ4n) is 1.86. The SMILES string of the molecule is CS(=O)(=O)n1nnc2cc(Cl)c(Oc3ccc(Cl)cc3)cc21. The predicted molar refractivity (Wildman–Crippen MR) is 84.3 cm³/mol. The minimum absolute atomic E-state index is 0.288. The van der Waals surface area contributed by atoms with Gasteiger partial charge in [0, 0.05) is 11.1 Å². The van der Waals surface area contributed by atoms with E-state index in [0.29, 0.717) is 27.1 Å². The Labute approximate surface area is 136 Å². The third-order valence-corrected chi connectivity index (χ3v) is 4.27. The zero-order valence-corrected chi connectivity index (χ0v) is 13.5. The van der Waals surface area contributed by atoms with Crippen LogP contribution in [0.3, 0.4) is 0 Å². The number of ether oxygens (including phenoxy) is 1. The highest BCUT2D eigenvalue weighted by Crippen LogP contribution is 2.33. The topological polar surface area (TPSA) is 74.1 Å². The summed E-state index contributed by atoms with van der Waals surface area (Å²) in [5.74, 6) is 0.813. The smallest absolute Gasteiger partial charge is 0.252 e. The summed E-state index contributed by atoms with van der Waals surface area (Å²) in [5, 5.41) is 8.27. The van der Waals surface area contributed by atoms with Crippen molar-refractivity contribution in [3.8, 4) is 11.5 Å². The standard InChI is InChI=1S/C13H9Cl2N3O3S/c1-22(19,20)18-12-7-13(10(15)6-11(12)16-17-18)21-9-4-2-8(14)3-5-9/h2-7H,1H3. The van der Waals surface area contributed by atoms with Crippen LogP contribution < -0.4 is 4.74 Å². The minimum atomic E-state index is -3.57. The van der Waals surface area contributed by atoms with Gasteiger partial charge in [0.15, 0.2) is 0 Å². The van der Waals surface area contributed by atoms with E-state index in [0.717, 1.165) is 10.3 Å². The van der Waals surface area contributed by atoms with Gasteiger partial charge >= 0.3 is 0 Å². The van der Waals surface area contributed by atoms with E-state index in [4.69, 9.17) is 27.9 Å². The summed E-state index contributed by atoms with van der Waals surface area (Å²) >= 11 is 11.9. The molecule has 0 unspecified atom stereocenters. The van der Waals surface area contributed by atoms with Crippen LogP contribution >= 0.6 is 23.2 Å². The lowest BCUT2D eigenvalue weighted by atomic mass is 10.3. The number of hydrogen-bond donors (Lipinski definition) is 0. The van der Waals surface area contributed by atoms with E-state index in [1.807, 2.05) is 0 Å². The summed E-state index contributed by atoms with van der Waals surface area (Å²) < 4.78 is 29.8. The third kappa shape index (κ3) is 2.87. The molecule has 1 aromatic heterocycles. The van der Waals surface area contributed by atoms with E-state index in [1.165, 1.54) is 12.1 Å². The molecule has 0 atom stereocenters. The molecule has 9 heteroatoms. The second kappa shape index (κ2) is 5.42. The highest BCUT2D eigenvalue weighted by atomic mass is 35.5. The number of rotatable bonds is 3. The van der Waals surface area contributed by atoms with Crippen molar-refractivity contribution >= 4 is 44.3 Å². The zero-order valence-electron chi connectivity index (χ0n) is 11.2. The number of benzene rings is 2. The van der Waals surface area contributed by atoms with Crippen molar-refractivity contribution in [2.45, 2.75) is 0 Å². The fourth-order valence-corrected chi connectivity index (χ4v) is 2.85. The number of hydrogen-bond acceptors (Lipinski definition) is 5. The molecule has 1 heterocycles. The largest absolute Gasteiger partial charge is 0.456 e. The van der Waals surface area contributed by atoms with Crippen LogP contribution in [0.1, 0.15) is 0 Å². The van der Waals surface area contributed by atoms with Crippen LogP contribution in [-0.2, 0) is 10.0 Å². The summed E-state index contributed by atoms with van der Waals surface area (Å²) in [7, 11) is -3.57. The molecular formula is C13H9Cl2N3O3S. The molecule has 3 rings (SSSR count). The van der Waals surface area contributed by atoms with Crippen LogP contribution in [0.25, 0.3) is 11.0 Å². The Morgan fingerprint density at radius 2 is 1.82 bits per heavy atom. The summed E-state index contributed by atoms with van der Waals surface area (Å²) in [4.78, 5) is 0. The first kappa shape index (κ1) is 15.1. The molecule has 0 amide bonds. The average molecular weight is 358 g/mol. The van der Waals surface area contributed by atoms with Gasteiger partial charge in [0.2, 0.25) is 0 Å². The molecule has 0 bridgehead atoms. The Hall–Kier alpha value is -1.83. The van der Waals surface area contributed by atoms with Gasteiger partial charge in [0.25, 0.3) is 10.0 Å². The van der Waals surface area contributed by atoms with Crippen LogP contribution in [0.15, 0.2) is 36.4 Å². The van der Waals surface area contributed by atoms with Gasteiger partial charge < -0.3 is 4.74 Å². The number of halogens is 2. The zero-order chi connectivity index (χ0) is 15.9. The Balaban J connectivity index is 2.09. The Morgan fingerprint density at radius 3 is 2.45 bits per heavy atom. The Bertz CT molecular complexity index is 953. The highest BCUT2D eigenvalue weighted by molar-refractivity contribution is 7.89. The molecule has 0 radical (unpaired) electrons. The lowest BCUT2D eigenvalue weighted by Crippen LogP contribution is -2.11. The van der Waals surface area contributed by atoms with Gasteiger partial charge in [0.05, 0.1) is 11.3 Å². The first-order chi connectivity index (χ1) is 10.3. The molecule has 3 aromatic rings. The quantitative estimate of drug-likeness (QED) is 0.718. The molecule has 0 aliphatic carbocycles. The normalized spacial score (nSPS) is 11.8. The van der Waals surface area contributed by atoms with E-state index in [1.54, 1.807) is 24.3 Å². The molecule has 0 aliphatic rings. The maximum atomic E-state index is 11.7. The first-order valence-electron chi connectivity index (χ1n) is 6.03. The third-order valence-electron chi connectivity index (χ3n) is 2.82. The van der Waals surface area contributed by atoms with Crippen molar-refractivity contribution in [3.63, 3.8) is 0 Å². The van der Waals surface area contributed by atoms with E-state index in [2.05, 4.69) is 10.3 Å². The van der Waals surface area contributed by atoms with Crippen molar-refractivity contribution in [2.75, 3.05) is 6.26 Å². The van der Waals surface area contributed by atoms with Crippen LogP contribution in [0.2, 0.25) is 10.0 Å². The van der Waals surface area contributed by atoms with Gasteiger partial charge in [-0.05, 0) is 30.3 Å². The average Bonchev–Trinajstić information content (AvgIpc) is 2.84. The summed E-state index contributed by atoms with van der Waals surface area (Å²) in [6.07, 6.45) is 1.04. The van der Waals surface area contributed by atoms with Gasteiger partial charge in [-0.3, -0.25) is 0 Å². The molecule has 0 spiro atoms. The van der Waals surface area contributed by atoms with Crippen LogP contribution in [-0.4, -0.2) is 29.1 Å². The van der Waals surface area contributed by atoms with Gasteiger partial charge in [-0.25, -0.2) is 8.42 Å². The molecule has 22 heavy (non-hydrogen) atoms. The van der Waals surface area contributed by atoms with Crippen molar-refractivity contribution < 1.29 is 13.2 Å². The van der Waals surface area contributed by atoms with Crippen LogP contribution in [0.5, 0.6) is 11.5 Å². The molecule has 114 valence electrons. The molecule has 0 fully saturated rings. The predicted octanol–water partition coefficient (Wildman–Crippen LogP) is 3.34. The summed E-state index contributed by atoms with van der Waals surface area (Å²) in [5.41, 5.74) is 0.648. The molecule has 2 aromatic carbocycles. The number of nitrogens with zero attached hydrogens (tertiary/aromatic N) is 3. The Kier molecular flexibility index (Phi) is 3.72. The van der Waals surface area contributed by atoms with Crippen LogP contribution in [0.4, 0.5) is 0 Å². The van der Waals surface area contributed by atoms with Gasteiger partial charge in [-0.2, -0.15) is 0 Å². The molecule has 0 saturated carbocycles. The first-order valence-corrected chi connectivity index (χ1v) is 8.64. The monoisotopic (exact) mass is 357 g/mol. The molecule has 6 nitrogen and oxygen atoms in total. The van der Waals surface area contributed by atoms with E-state index < -0.39 is 10.0 Å². The summed E-state index contributed by atoms with van der Waals surface area (Å²) in [6, 6.07) is 9.67. The molecule has 0 aliphatic heterocycles. The van der Waals surface area contributed by atoms with Crippen molar-refractivity contribution in [3.05, 3.63) is 46.4 Å². The second-order valence-corrected chi connectivity index (χ2v) is 7.18. The minimum Gasteiger partial charge on any atom is -0.456 e. The van der Waals surface area contributed by atoms with Crippen molar-refractivity contribution in [2.24, 2.45) is 0 Å². The lowest BCUT2D eigenvalue weighted by molar-refractivity contribution is 0.483. The number of aromatic nitrogens is 3.